The number of amides is 2. The van der Waals surface area contributed by atoms with Gasteiger partial charge < -0.3 is 10.2 Å². The number of carbonyl (C=O) groups is 2. The normalized spacial score (nSPS) is 11.9. The largest absolute Gasteiger partial charge is 0.357 e. The summed E-state index contributed by atoms with van der Waals surface area (Å²) in [5.41, 5.74) is 2.98. The van der Waals surface area contributed by atoms with Crippen LogP contribution in [0.15, 0.2) is 119 Å². The molecule has 0 aromatic heterocycles. The Hall–Kier alpha value is -3.95. The predicted octanol–water partition coefficient (Wildman–Crippen LogP) is 5.34. The summed E-state index contributed by atoms with van der Waals surface area (Å²) in [7, 11) is -2.58. The standard InChI is InChI=1S/C32H32BrN3O4S/c1-24-16-18-28(19-17-24)36(41(39,40)29-14-7-4-8-15-29)23-31(37)35(22-26-12-9-13-27(33)20-26)30(32(38)34-2)21-25-10-5-3-6-11-25/h3-20,30H,21-23H2,1-2H3,(H,34,38). The van der Waals surface area contributed by atoms with E-state index in [2.05, 4.69) is 21.2 Å². The van der Waals surface area contributed by atoms with Gasteiger partial charge in [-0.05, 0) is 54.4 Å². The molecule has 4 rings (SSSR count). The fraction of sp³-hybridized carbons (Fsp3) is 0.188. The molecule has 0 aliphatic carbocycles. The van der Waals surface area contributed by atoms with Crippen molar-refractivity contribution in [3.05, 3.63) is 130 Å². The van der Waals surface area contributed by atoms with Crippen LogP contribution in [0.25, 0.3) is 0 Å². The number of benzene rings is 4. The molecule has 1 N–H and O–H groups in total. The van der Waals surface area contributed by atoms with Crippen LogP contribution in [0.2, 0.25) is 0 Å². The lowest BCUT2D eigenvalue weighted by Gasteiger charge is -2.33. The number of halogens is 1. The minimum absolute atomic E-state index is 0.0686. The molecule has 9 heteroatoms. The van der Waals surface area contributed by atoms with Crippen LogP contribution < -0.4 is 9.62 Å². The first-order valence-corrected chi connectivity index (χ1v) is 15.4. The maximum atomic E-state index is 14.2. The van der Waals surface area contributed by atoms with Gasteiger partial charge in [-0.2, -0.15) is 0 Å². The first-order chi connectivity index (χ1) is 19.7. The van der Waals surface area contributed by atoms with Crippen molar-refractivity contribution in [1.82, 2.24) is 10.2 Å². The molecule has 0 aliphatic rings. The van der Waals surface area contributed by atoms with Crippen LogP contribution in [0.3, 0.4) is 0 Å². The summed E-state index contributed by atoms with van der Waals surface area (Å²) < 4.78 is 29.7. The zero-order valence-corrected chi connectivity index (χ0v) is 25.3. The molecule has 0 heterocycles. The van der Waals surface area contributed by atoms with Crippen LogP contribution >= 0.6 is 15.9 Å². The fourth-order valence-electron chi connectivity index (χ4n) is 4.51. The van der Waals surface area contributed by atoms with E-state index in [1.807, 2.05) is 61.5 Å². The zero-order chi connectivity index (χ0) is 29.4. The second-order valence-corrected chi connectivity index (χ2v) is 12.4. The number of hydrogen-bond acceptors (Lipinski definition) is 4. The lowest BCUT2D eigenvalue weighted by Crippen LogP contribution is -2.53. The summed E-state index contributed by atoms with van der Waals surface area (Å²) in [5, 5.41) is 2.69. The van der Waals surface area contributed by atoms with E-state index < -0.39 is 28.5 Å². The highest BCUT2D eigenvalue weighted by Crippen LogP contribution is 2.25. The molecule has 4 aromatic rings. The first kappa shape index (κ1) is 30.0. The van der Waals surface area contributed by atoms with Gasteiger partial charge in [0.05, 0.1) is 10.6 Å². The molecular formula is C32H32BrN3O4S. The summed E-state index contributed by atoms with van der Waals surface area (Å²) in [6, 6.07) is 31.0. The van der Waals surface area contributed by atoms with E-state index in [0.29, 0.717) is 5.69 Å². The molecule has 0 aliphatic heterocycles. The Bertz CT molecular complexity index is 1580. The number of aryl methyl sites for hydroxylation is 1. The third-order valence-corrected chi connectivity index (χ3v) is 8.97. The highest BCUT2D eigenvalue weighted by atomic mass is 79.9. The van der Waals surface area contributed by atoms with Crippen molar-refractivity contribution < 1.29 is 18.0 Å². The molecule has 41 heavy (non-hydrogen) atoms. The third-order valence-electron chi connectivity index (χ3n) is 6.69. The number of nitrogens with one attached hydrogen (secondary N) is 1. The van der Waals surface area contributed by atoms with E-state index in [1.54, 1.807) is 42.5 Å². The average Bonchev–Trinajstić information content (AvgIpc) is 2.98. The highest BCUT2D eigenvalue weighted by Gasteiger charge is 2.34. The fourth-order valence-corrected chi connectivity index (χ4v) is 6.39. The molecule has 212 valence electrons. The van der Waals surface area contributed by atoms with Crippen LogP contribution in [0, 0.1) is 6.92 Å². The molecule has 7 nitrogen and oxygen atoms in total. The highest BCUT2D eigenvalue weighted by molar-refractivity contribution is 9.10. The topological polar surface area (TPSA) is 86.8 Å². The van der Waals surface area contributed by atoms with Gasteiger partial charge in [0, 0.05) is 24.5 Å². The number of rotatable bonds is 11. The number of likely N-dealkylation sites (N-methyl/N-ethyl adjacent to an activating group) is 1. The van der Waals surface area contributed by atoms with Crippen molar-refractivity contribution >= 4 is 43.5 Å². The summed E-state index contributed by atoms with van der Waals surface area (Å²) in [5.74, 6) is -0.848. The van der Waals surface area contributed by atoms with E-state index in [0.717, 1.165) is 25.5 Å². The predicted molar refractivity (Wildman–Crippen MR) is 165 cm³/mol. The van der Waals surface area contributed by atoms with Crippen molar-refractivity contribution in [2.75, 3.05) is 17.9 Å². The molecule has 0 bridgehead atoms. The monoisotopic (exact) mass is 633 g/mol. The summed E-state index contributed by atoms with van der Waals surface area (Å²) >= 11 is 3.48. The third kappa shape index (κ3) is 7.62. The molecule has 0 radical (unpaired) electrons. The van der Waals surface area contributed by atoms with Gasteiger partial charge in [-0.3, -0.25) is 13.9 Å². The molecular weight excluding hydrogens is 602 g/mol. The van der Waals surface area contributed by atoms with Crippen LogP contribution in [0.4, 0.5) is 5.69 Å². The van der Waals surface area contributed by atoms with Crippen LogP contribution in [-0.2, 0) is 32.6 Å². The van der Waals surface area contributed by atoms with Crippen LogP contribution in [0.1, 0.15) is 16.7 Å². The molecule has 0 saturated heterocycles. The van der Waals surface area contributed by atoms with E-state index in [4.69, 9.17) is 0 Å². The average molecular weight is 635 g/mol. The van der Waals surface area contributed by atoms with Gasteiger partial charge in [-0.25, -0.2) is 8.42 Å². The van der Waals surface area contributed by atoms with Gasteiger partial charge in [0.15, 0.2) is 0 Å². The van der Waals surface area contributed by atoms with E-state index in [-0.39, 0.29) is 23.8 Å². The number of hydrogen-bond donors (Lipinski definition) is 1. The Morgan fingerprint density at radius 3 is 2.05 bits per heavy atom. The minimum Gasteiger partial charge on any atom is -0.357 e. The smallest absolute Gasteiger partial charge is 0.264 e. The summed E-state index contributed by atoms with van der Waals surface area (Å²) in [4.78, 5) is 29.1. The van der Waals surface area contributed by atoms with Gasteiger partial charge in [0.25, 0.3) is 10.0 Å². The van der Waals surface area contributed by atoms with Crippen LogP contribution in [0.5, 0.6) is 0 Å². The Morgan fingerprint density at radius 1 is 0.829 bits per heavy atom. The molecule has 0 spiro atoms. The SMILES string of the molecule is CNC(=O)C(Cc1ccccc1)N(Cc1cccc(Br)c1)C(=O)CN(c1ccc(C)cc1)S(=O)(=O)c1ccccc1. The summed E-state index contributed by atoms with van der Waals surface area (Å²) in [6.45, 7) is 1.52. The second kappa shape index (κ2) is 13.6. The Kier molecular flexibility index (Phi) is 9.96. The van der Waals surface area contributed by atoms with Crippen molar-refractivity contribution in [3.8, 4) is 0 Å². The van der Waals surface area contributed by atoms with E-state index in [9.17, 15) is 18.0 Å². The van der Waals surface area contributed by atoms with Gasteiger partial charge in [0.1, 0.15) is 12.6 Å². The number of carbonyl (C=O) groups excluding carboxylic acids is 2. The van der Waals surface area contributed by atoms with Gasteiger partial charge in [-0.15, -0.1) is 0 Å². The number of nitrogens with zero attached hydrogens (tertiary/aromatic N) is 2. The first-order valence-electron chi connectivity index (χ1n) is 13.1. The molecule has 0 fully saturated rings. The van der Waals surface area contributed by atoms with Crippen molar-refractivity contribution in [2.24, 2.45) is 0 Å². The maximum Gasteiger partial charge on any atom is 0.264 e. The van der Waals surface area contributed by atoms with Gasteiger partial charge in [-0.1, -0.05) is 94.3 Å². The van der Waals surface area contributed by atoms with E-state index in [1.165, 1.54) is 24.1 Å². The Labute approximate surface area is 250 Å². The molecule has 0 saturated carbocycles. The number of anilines is 1. The lowest BCUT2D eigenvalue weighted by molar-refractivity contribution is -0.139. The van der Waals surface area contributed by atoms with Crippen molar-refractivity contribution in [1.29, 1.82) is 0 Å². The quantitative estimate of drug-likeness (QED) is 0.242. The van der Waals surface area contributed by atoms with Gasteiger partial charge >= 0.3 is 0 Å². The lowest BCUT2D eigenvalue weighted by atomic mass is 10.0. The maximum absolute atomic E-state index is 14.2. The zero-order valence-electron chi connectivity index (χ0n) is 22.9. The minimum atomic E-state index is -4.11. The molecule has 2 amide bonds. The summed E-state index contributed by atoms with van der Waals surface area (Å²) in [6.07, 6.45) is 0.260. The van der Waals surface area contributed by atoms with Crippen molar-refractivity contribution in [3.63, 3.8) is 0 Å². The molecule has 1 atom stereocenters. The molecule has 1 unspecified atom stereocenters. The van der Waals surface area contributed by atoms with E-state index >= 15 is 0 Å². The van der Waals surface area contributed by atoms with Crippen molar-refractivity contribution in [2.45, 2.75) is 30.8 Å². The Balaban J connectivity index is 1.78. The Morgan fingerprint density at radius 2 is 1.44 bits per heavy atom. The second-order valence-electron chi connectivity index (χ2n) is 9.63. The number of sulfonamides is 1. The van der Waals surface area contributed by atoms with Crippen LogP contribution in [-0.4, -0.2) is 44.8 Å². The van der Waals surface area contributed by atoms with Gasteiger partial charge in [0.2, 0.25) is 11.8 Å². The molecule has 4 aromatic carbocycles.